The molecule has 2 unspecified atom stereocenters. The fourth-order valence-electron chi connectivity index (χ4n) is 2.99. The Morgan fingerprint density at radius 2 is 2.05 bits per heavy atom. The first-order valence-corrected chi connectivity index (χ1v) is 7.67. The lowest BCUT2D eigenvalue weighted by Gasteiger charge is -2.41. The molecule has 6 heteroatoms. The number of benzene rings is 1. The summed E-state index contributed by atoms with van der Waals surface area (Å²) in [5.41, 5.74) is 0.615. The summed E-state index contributed by atoms with van der Waals surface area (Å²) < 4.78 is 13.9. The van der Waals surface area contributed by atoms with E-state index >= 15 is 0 Å². The average molecular weight is 388 g/mol. The highest BCUT2D eigenvalue weighted by Crippen LogP contribution is 2.33. The summed E-state index contributed by atoms with van der Waals surface area (Å²) in [6, 6.07) is 3.39. The van der Waals surface area contributed by atoms with Crippen molar-refractivity contribution in [2.45, 2.75) is 31.8 Å². The van der Waals surface area contributed by atoms with Gasteiger partial charge in [0.1, 0.15) is 17.9 Å². The van der Waals surface area contributed by atoms with Gasteiger partial charge in [-0.05, 0) is 60.6 Å². The normalized spacial score (nSPS) is 26.1. The van der Waals surface area contributed by atoms with Gasteiger partial charge in [-0.1, -0.05) is 0 Å². The molecule has 0 spiro atoms. The number of amides is 2. The third-order valence-corrected chi connectivity index (χ3v) is 4.84. The molecule has 2 aliphatic heterocycles. The zero-order valence-electron chi connectivity index (χ0n) is 11.0. The Balaban J connectivity index is 2.03. The van der Waals surface area contributed by atoms with E-state index in [0.29, 0.717) is 22.2 Å². The van der Waals surface area contributed by atoms with Crippen molar-refractivity contribution in [3.8, 4) is 0 Å². The van der Waals surface area contributed by atoms with E-state index in [1.54, 1.807) is 17.9 Å². The Morgan fingerprint density at radius 3 is 2.75 bits per heavy atom. The summed E-state index contributed by atoms with van der Waals surface area (Å²) in [4.78, 5) is 28.2. The SMILES string of the molecule is CC1C(=O)N2CCCC2C(=O)N1c1ccc(F)cc1I. The number of fused-ring (bicyclic) bond motifs is 1. The van der Waals surface area contributed by atoms with Crippen molar-refractivity contribution >= 4 is 40.1 Å². The van der Waals surface area contributed by atoms with Crippen LogP contribution in [0.1, 0.15) is 19.8 Å². The minimum absolute atomic E-state index is 0.0211. The summed E-state index contributed by atoms with van der Waals surface area (Å²) in [6.07, 6.45) is 1.58. The number of hydrogen-bond donors (Lipinski definition) is 0. The predicted molar refractivity (Wildman–Crippen MR) is 80.8 cm³/mol. The molecule has 1 aromatic carbocycles. The predicted octanol–water partition coefficient (Wildman–Crippen LogP) is 2.16. The maximum absolute atomic E-state index is 13.2. The largest absolute Gasteiger partial charge is 0.329 e. The van der Waals surface area contributed by atoms with Crippen LogP contribution in [0.25, 0.3) is 0 Å². The van der Waals surface area contributed by atoms with Crippen LogP contribution in [0.15, 0.2) is 18.2 Å². The molecule has 3 rings (SSSR count). The van der Waals surface area contributed by atoms with Gasteiger partial charge in [0, 0.05) is 10.1 Å². The van der Waals surface area contributed by atoms with Crippen LogP contribution in [-0.4, -0.2) is 35.3 Å². The van der Waals surface area contributed by atoms with E-state index in [1.807, 2.05) is 22.6 Å². The smallest absolute Gasteiger partial charge is 0.250 e. The quantitative estimate of drug-likeness (QED) is 0.692. The van der Waals surface area contributed by atoms with Crippen molar-refractivity contribution in [1.29, 1.82) is 0 Å². The van der Waals surface area contributed by atoms with Crippen LogP contribution in [-0.2, 0) is 9.59 Å². The van der Waals surface area contributed by atoms with Gasteiger partial charge in [-0.25, -0.2) is 4.39 Å². The van der Waals surface area contributed by atoms with Gasteiger partial charge in [0.15, 0.2) is 0 Å². The van der Waals surface area contributed by atoms with Crippen molar-refractivity contribution < 1.29 is 14.0 Å². The molecule has 2 fully saturated rings. The molecule has 0 bridgehead atoms. The van der Waals surface area contributed by atoms with Crippen LogP contribution < -0.4 is 4.90 Å². The number of rotatable bonds is 1. The monoisotopic (exact) mass is 388 g/mol. The zero-order valence-corrected chi connectivity index (χ0v) is 13.1. The second-order valence-electron chi connectivity index (χ2n) is 5.17. The molecule has 106 valence electrons. The first-order valence-electron chi connectivity index (χ1n) is 6.59. The molecule has 0 N–H and O–H groups in total. The number of carbonyl (C=O) groups is 2. The molecule has 2 saturated heterocycles. The van der Waals surface area contributed by atoms with Gasteiger partial charge in [-0.15, -0.1) is 0 Å². The summed E-state index contributed by atoms with van der Waals surface area (Å²) in [5, 5.41) is 0. The molecular formula is C14H14FIN2O2. The Bertz CT molecular complexity index is 593. The maximum atomic E-state index is 13.2. The van der Waals surface area contributed by atoms with Crippen LogP contribution in [0.5, 0.6) is 0 Å². The number of anilines is 1. The van der Waals surface area contributed by atoms with Gasteiger partial charge >= 0.3 is 0 Å². The zero-order chi connectivity index (χ0) is 14.4. The minimum Gasteiger partial charge on any atom is -0.329 e. The average Bonchev–Trinajstić information content (AvgIpc) is 2.88. The van der Waals surface area contributed by atoms with Gasteiger partial charge in [0.05, 0.1) is 5.69 Å². The topological polar surface area (TPSA) is 40.6 Å². The summed E-state index contributed by atoms with van der Waals surface area (Å²) in [6.45, 7) is 2.39. The maximum Gasteiger partial charge on any atom is 0.250 e. The van der Waals surface area contributed by atoms with E-state index in [9.17, 15) is 14.0 Å². The Morgan fingerprint density at radius 1 is 1.30 bits per heavy atom. The molecule has 0 aromatic heterocycles. The van der Waals surface area contributed by atoms with Crippen LogP contribution in [0.4, 0.5) is 10.1 Å². The van der Waals surface area contributed by atoms with E-state index in [4.69, 9.17) is 0 Å². The minimum atomic E-state index is -0.532. The van der Waals surface area contributed by atoms with Gasteiger partial charge < -0.3 is 4.90 Å². The Labute approximate surface area is 130 Å². The molecular weight excluding hydrogens is 374 g/mol. The highest BCUT2D eigenvalue weighted by atomic mass is 127. The van der Waals surface area contributed by atoms with E-state index in [2.05, 4.69) is 0 Å². The number of carbonyl (C=O) groups excluding carboxylic acids is 2. The van der Waals surface area contributed by atoms with Crippen LogP contribution in [0, 0.1) is 9.39 Å². The molecule has 2 amide bonds. The molecule has 2 heterocycles. The number of halogens is 2. The lowest BCUT2D eigenvalue weighted by Crippen LogP contribution is -2.62. The third kappa shape index (κ3) is 2.01. The van der Waals surface area contributed by atoms with Gasteiger partial charge in [-0.3, -0.25) is 14.5 Å². The lowest BCUT2D eigenvalue weighted by molar-refractivity contribution is -0.143. The molecule has 0 aliphatic carbocycles. The molecule has 0 saturated carbocycles. The third-order valence-electron chi connectivity index (χ3n) is 3.97. The van der Waals surface area contributed by atoms with Crippen LogP contribution in [0.3, 0.4) is 0 Å². The van der Waals surface area contributed by atoms with Crippen LogP contribution >= 0.6 is 22.6 Å². The van der Waals surface area contributed by atoms with Gasteiger partial charge in [-0.2, -0.15) is 0 Å². The number of hydrogen-bond acceptors (Lipinski definition) is 2. The van der Waals surface area contributed by atoms with E-state index in [1.165, 1.54) is 17.0 Å². The summed E-state index contributed by atoms with van der Waals surface area (Å²) >= 11 is 2.00. The molecule has 2 aliphatic rings. The molecule has 20 heavy (non-hydrogen) atoms. The van der Waals surface area contributed by atoms with Gasteiger partial charge in [0.25, 0.3) is 5.91 Å². The summed E-state index contributed by atoms with van der Waals surface area (Å²) in [7, 11) is 0. The molecule has 0 radical (unpaired) electrons. The fraction of sp³-hybridized carbons (Fsp3) is 0.429. The van der Waals surface area contributed by atoms with Crippen molar-refractivity contribution in [3.05, 3.63) is 27.6 Å². The molecule has 4 nitrogen and oxygen atoms in total. The Kier molecular flexibility index (Phi) is 3.43. The highest BCUT2D eigenvalue weighted by Gasteiger charge is 2.46. The Hall–Kier alpha value is -1.18. The van der Waals surface area contributed by atoms with Crippen LogP contribution in [0.2, 0.25) is 0 Å². The lowest BCUT2D eigenvalue weighted by atomic mass is 10.1. The van der Waals surface area contributed by atoms with Crippen molar-refractivity contribution in [3.63, 3.8) is 0 Å². The van der Waals surface area contributed by atoms with Crippen molar-refractivity contribution in [1.82, 2.24) is 4.90 Å². The second-order valence-corrected chi connectivity index (χ2v) is 6.33. The van der Waals surface area contributed by atoms with E-state index in [0.717, 1.165) is 6.42 Å². The second kappa shape index (κ2) is 4.98. The highest BCUT2D eigenvalue weighted by molar-refractivity contribution is 14.1. The molecule has 2 atom stereocenters. The fourth-order valence-corrected chi connectivity index (χ4v) is 3.73. The van der Waals surface area contributed by atoms with Crippen molar-refractivity contribution in [2.24, 2.45) is 0 Å². The first-order chi connectivity index (χ1) is 9.50. The van der Waals surface area contributed by atoms with Crippen molar-refractivity contribution in [2.75, 3.05) is 11.4 Å². The van der Waals surface area contributed by atoms with E-state index in [-0.39, 0.29) is 23.7 Å². The summed E-state index contributed by atoms with van der Waals surface area (Å²) in [5.74, 6) is -0.421. The standard InChI is InChI=1S/C14H14FIN2O2/c1-8-13(19)17-6-2-3-12(17)14(20)18(8)11-5-4-9(15)7-10(11)16/h4-5,7-8,12H,2-3,6H2,1H3. The van der Waals surface area contributed by atoms with E-state index < -0.39 is 6.04 Å². The number of piperazine rings is 1. The van der Waals surface area contributed by atoms with Gasteiger partial charge in [0.2, 0.25) is 5.91 Å². The first kappa shape index (κ1) is 13.8. The number of nitrogens with zero attached hydrogens (tertiary/aromatic N) is 2. The molecule has 1 aromatic rings.